The maximum absolute atomic E-state index is 12.9. The molecule has 1 atom stereocenters. The summed E-state index contributed by atoms with van der Waals surface area (Å²) in [7, 11) is 0. The lowest BCUT2D eigenvalue weighted by Gasteiger charge is -2.20. The molecule has 1 unspecified atom stereocenters. The molecule has 8 nitrogen and oxygen atoms in total. The summed E-state index contributed by atoms with van der Waals surface area (Å²) < 4.78 is 7.87. The molecule has 2 aliphatic heterocycles. The number of carbonyl (C=O) groups is 2. The van der Waals surface area contributed by atoms with Crippen molar-refractivity contribution in [1.82, 2.24) is 14.8 Å². The molecule has 2 aromatic carbocycles. The average molecular weight is 460 g/mol. The van der Waals surface area contributed by atoms with E-state index in [2.05, 4.69) is 20.1 Å². The molecule has 3 aromatic rings. The molecule has 8 heteroatoms. The third kappa shape index (κ3) is 4.40. The standard InChI is InChI=1S/C26H29N5O3/c1-2-34-22-9-6-5-8-21(22)31-17-19(16-24(31)32)26(33)27-20-13-11-18(12-14-20)25-29-28-23-10-4-3-7-15-30(23)25/h5-6,8-9,11-14,19H,2-4,7,10,15-17H2,1H3,(H,27,33). The molecule has 2 aliphatic rings. The Hall–Kier alpha value is -3.68. The first-order valence-electron chi connectivity index (χ1n) is 12.0. The molecule has 0 aliphatic carbocycles. The first kappa shape index (κ1) is 22.1. The van der Waals surface area contributed by atoms with Gasteiger partial charge in [0, 0.05) is 37.2 Å². The summed E-state index contributed by atoms with van der Waals surface area (Å²) in [6.07, 6.45) is 4.65. The third-order valence-corrected chi connectivity index (χ3v) is 6.47. The minimum absolute atomic E-state index is 0.0739. The highest BCUT2D eigenvalue weighted by atomic mass is 16.5. The second kappa shape index (κ2) is 9.67. The van der Waals surface area contributed by atoms with Gasteiger partial charge in [0.2, 0.25) is 11.8 Å². The Morgan fingerprint density at radius 2 is 1.91 bits per heavy atom. The SMILES string of the molecule is CCOc1ccccc1N1CC(C(=O)Nc2ccc(-c3nnc4n3CCCCC4)cc2)CC1=O. The zero-order valence-corrected chi connectivity index (χ0v) is 19.4. The maximum atomic E-state index is 12.9. The molecule has 1 saturated heterocycles. The summed E-state index contributed by atoms with van der Waals surface area (Å²) in [4.78, 5) is 27.3. The van der Waals surface area contributed by atoms with E-state index in [1.807, 2.05) is 55.5 Å². The lowest BCUT2D eigenvalue weighted by Crippen LogP contribution is -2.28. The Morgan fingerprint density at radius 1 is 1.09 bits per heavy atom. The van der Waals surface area contributed by atoms with Gasteiger partial charge in [-0.25, -0.2) is 0 Å². The van der Waals surface area contributed by atoms with E-state index in [1.165, 1.54) is 6.42 Å². The number of aryl methyl sites for hydroxylation is 1. The Bertz CT molecular complexity index is 1190. The first-order valence-corrected chi connectivity index (χ1v) is 12.0. The number of anilines is 2. The van der Waals surface area contributed by atoms with Crippen molar-refractivity contribution in [2.45, 2.75) is 45.6 Å². The largest absolute Gasteiger partial charge is 0.492 e. The van der Waals surface area contributed by atoms with Gasteiger partial charge in [0.15, 0.2) is 5.82 Å². The fourth-order valence-corrected chi connectivity index (χ4v) is 4.72. The maximum Gasteiger partial charge on any atom is 0.229 e. The predicted molar refractivity (Wildman–Crippen MR) is 130 cm³/mol. The number of benzene rings is 2. The molecule has 1 fully saturated rings. The molecular weight excluding hydrogens is 430 g/mol. The van der Waals surface area contributed by atoms with Crippen LogP contribution in [0, 0.1) is 5.92 Å². The van der Waals surface area contributed by atoms with Gasteiger partial charge < -0.3 is 19.5 Å². The number of ether oxygens (including phenoxy) is 1. The first-order chi connectivity index (χ1) is 16.6. The van der Waals surface area contributed by atoms with Crippen LogP contribution in [0.1, 0.15) is 38.4 Å². The number of nitrogens with zero attached hydrogens (tertiary/aromatic N) is 4. The van der Waals surface area contributed by atoms with E-state index in [1.54, 1.807) is 4.90 Å². The number of hydrogen-bond donors (Lipinski definition) is 1. The second-order valence-corrected chi connectivity index (χ2v) is 8.77. The van der Waals surface area contributed by atoms with Gasteiger partial charge in [-0.2, -0.15) is 0 Å². The zero-order valence-electron chi connectivity index (χ0n) is 19.4. The normalized spacial score (nSPS) is 17.9. The van der Waals surface area contributed by atoms with E-state index in [4.69, 9.17) is 4.74 Å². The van der Waals surface area contributed by atoms with Crippen molar-refractivity contribution >= 4 is 23.2 Å². The van der Waals surface area contributed by atoms with Crippen molar-refractivity contribution in [3.05, 3.63) is 54.4 Å². The Morgan fingerprint density at radius 3 is 2.74 bits per heavy atom. The smallest absolute Gasteiger partial charge is 0.229 e. The van der Waals surface area contributed by atoms with Crippen molar-refractivity contribution in [2.75, 3.05) is 23.4 Å². The van der Waals surface area contributed by atoms with Crippen molar-refractivity contribution in [3.63, 3.8) is 0 Å². The van der Waals surface area contributed by atoms with Crippen LogP contribution in [-0.2, 0) is 22.6 Å². The number of nitrogens with one attached hydrogen (secondary N) is 1. The number of aromatic nitrogens is 3. The summed E-state index contributed by atoms with van der Waals surface area (Å²) in [6.45, 7) is 3.69. The highest BCUT2D eigenvalue weighted by molar-refractivity contribution is 6.04. The number of rotatable bonds is 6. The quantitative estimate of drug-likeness (QED) is 0.600. The van der Waals surface area contributed by atoms with Gasteiger partial charge in [0.05, 0.1) is 18.2 Å². The highest BCUT2D eigenvalue weighted by Gasteiger charge is 2.36. The van der Waals surface area contributed by atoms with E-state index in [0.717, 1.165) is 43.0 Å². The summed E-state index contributed by atoms with van der Waals surface area (Å²) in [5.41, 5.74) is 2.39. The number of fused-ring (bicyclic) bond motifs is 1. The summed E-state index contributed by atoms with van der Waals surface area (Å²) in [5.74, 6) is 1.92. The summed E-state index contributed by atoms with van der Waals surface area (Å²) in [5, 5.41) is 11.7. The van der Waals surface area contributed by atoms with Crippen molar-refractivity contribution in [2.24, 2.45) is 5.92 Å². The van der Waals surface area contributed by atoms with Gasteiger partial charge in [0.1, 0.15) is 11.6 Å². The molecule has 0 radical (unpaired) electrons. The summed E-state index contributed by atoms with van der Waals surface area (Å²) >= 11 is 0. The fourth-order valence-electron chi connectivity index (χ4n) is 4.72. The van der Waals surface area contributed by atoms with Crippen LogP contribution in [0.5, 0.6) is 5.75 Å². The van der Waals surface area contributed by atoms with Crippen LogP contribution in [0.4, 0.5) is 11.4 Å². The van der Waals surface area contributed by atoms with E-state index in [-0.39, 0.29) is 18.2 Å². The van der Waals surface area contributed by atoms with E-state index in [0.29, 0.717) is 30.3 Å². The molecule has 2 amide bonds. The summed E-state index contributed by atoms with van der Waals surface area (Å²) in [6, 6.07) is 15.1. The number of para-hydroxylation sites is 2. The van der Waals surface area contributed by atoms with Crippen LogP contribution >= 0.6 is 0 Å². The van der Waals surface area contributed by atoms with Crippen LogP contribution in [0.2, 0.25) is 0 Å². The van der Waals surface area contributed by atoms with Gasteiger partial charge in [0.25, 0.3) is 0 Å². The molecule has 34 heavy (non-hydrogen) atoms. The second-order valence-electron chi connectivity index (χ2n) is 8.77. The molecule has 1 N–H and O–H groups in total. The van der Waals surface area contributed by atoms with Crippen molar-refractivity contribution in [1.29, 1.82) is 0 Å². The van der Waals surface area contributed by atoms with Crippen LogP contribution in [0.3, 0.4) is 0 Å². The molecule has 176 valence electrons. The lowest BCUT2D eigenvalue weighted by atomic mass is 10.1. The lowest BCUT2D eigenvalue weighted by molar-refractivity contribution is -0.122. The Kier molecular flexibility index (Phi) is 6.29. The molecule has 0 bridgehead atoms. The van der Waals surface area contributed by atoms with Crippen LogP contribution < -0.4 is 15.0 Å². The minimum Gasteiger partial charge on any atom is -0.492 e. The van der Waals surface area contributed by atoms with Gasteiger partial charge in [-0.3, -0.25) is 9.59 Å². The Labute approximate surface area is 198 Å². The van der Waals surface area contributed by atoms with Crippen LogP contribution in [0.25, 0.3) is 11.4 Å². The van der Waals surface area contributed by atoms with Gasteiger partial charge in [-0.15, -0.1) is 10.2 Å². The van der Waals surface area contributed by atoms with E-state index in [9.17, 15) is 9.59 Å². The topological polar surface area (TPSA) is 89.3 Å². The average Bonchev–Trinajstić information content (AvgIpc) is 3.35. The Balaban J connectivity index is 1.26. The van der Waals surface area contributed by atoms with E-state index >= 15 is 0 Å². The van der Waals surface area contributed by atoms with Gasteiger partial charge in [-0.1, -0.05) is 18.6 Å². The van der Waals surface area contributed by atoms with Crippen LogP contribution in [-0.4, -0.2) is 39.7 Å². The highest BCUT2D eigenvalue weighted by Crippen LogP contribution is 2.33. The van der Waals surface area contributed by atoms with Crippen LogP contribution in [0.15, 0.2) is 48.5 Å². The number of amides is 2. The van der Waals surface area contributed by atoms with Gasteiger partial charge in [-0.05, 0) is 56.2 Å². The molecule has 1 aromatic heterocycles. The predicted octanol–water partition coefficient (Wildman–Crippen LogP) is 4.06. The minimum atomic E-state index is -0.422. The fraction of sp³-hybridized carbons (Fsp3) is 0.385. The molecular formula is C26H29N5O3. The van der Waals surface area contributed by atoms with Crippen molar-refractivity contribution < 1.29 is 14.3 Å². The third-order valence-electron chi connectivity index (χ3n) is 6.47. The van der Waals surface area contributed by atoms with E-state index < -0.39 is 5.92 Å². The molecule has 5 rings (SSSR count). The van der Waals surface area contributed by atoms with Gasteiger partial charge >= 0.3 is 0 Å². The molecule has 0 spiro atoms. The molecule has 0 saturated carbocycles. The monoisotopic (exact) mass is 459 g/mol. The van der Waals surface area contributed by atoms with Crippen molar-refractivity contribution in [3.8, 4) is 17.1 Å². The molecule has 3 heterocycles. The zero-order chi connectivity index (χ0) is 23.5. The number of hydrogen-bond acceptors (Lipinski definition) is 5. The number of carbonyl (C=O) groups excluding carboxylic acids is 2.